The molecular weight excluding hydrogens is 282 g/mol. The van der Waals surface area contributed by atoms with E-state index in [9.17, 15) is 4.79 Å². The van der Waals surface area contributed by atoms with Crippen molar-refractivity contribution >= 4 is 27.6 Å². The summed E-state index contributed by atoms with van der Waals surface area (Å²) in [6.45, 7) is 0. The van der Waals surface area contributed by atoms with Crippen molar-refractivity contribution in [3.8, 4) is 11.1 Å². The highest BCUT2D eigenvalue weighted by atomic mass is 79.9. The van der Waals surface area contributed by atoms with Crippen molar-refractivity contribution in [3.05, 3.63) is 52.5 Å². The van der Waals surface area contributed by atoms with Crippen LogP contribution in [0.1, 0.15) is 10.4 Å². The lowest BCUT2D eigenvalue weighted by Gasteiger charge is -2.10. The lowest BCUT2D eigenvalue weighted by Crippen LogP contribution is -2.01. The third kappa shape index (κ3) is 2.17. The summed E-state index contributed by atoms with van der Waals surface area (Å²) in [7, 11) is 0. The molecule has 0 aliphatic carbocycles. The molecule has 0 spiro atoms. The van der Waals surface area contributed by atoms with E-state index < -0.39 is 5.97 Å². The van der Waals surface area contributed by atoms with Crippen LogP contribution in [0.25, 0.3) is 11.1 Å². The van der Waals surface area contributed by atoms with Crippen molar-refractivity contribution in [1.29, 1.82) is 0 Å². The summed E-state index contributed by atoms with van der Waals surface area (Å²) in [5.74, 6) is -0.962. The van der Waals surface area contributed by atoms with Gasteiger partial charge in [0.2, 0.25) is 0 Å². The molecule has 0 unspecified atom stereocenters. The fraction of sp³-hybridized carbons (Fsp3) is 0. The molecule has 0 saturated heterocycles. The summed E-state index contributed by atoms with van der Waals surface area (Å²) >= 11 is 3.39. The molecule has 0 aromatic heterocycles. The van der Waals surface area contributed by atoms with E-state index in [0.717, 1.165) is 4.47 Å². The zero-order chi connectivity index (χ0) is 12.4. The average molecular weight is 292 g/mol. The minimum absolute atomic E-state index is 0.242. The van der Waals surface area contributed by atoms with Crippen LogP contribution in [0.15, 0.2) is 46.9 Å². The van der Waals surface area contributed by atoms with Crippen LogP contribution in [0.5, 0.6) is 0 Å². The maximum atomic E-state index is 11.2. The Kier molecular flexibility index (Phi) is 3.15. The smallest absolute Gasteiger partial charge is 0.336 e. The number of rotatable bonds is 2. The molecule has 3 N–H and O–H groups in total. The number of hydrogen-bond donors (Lipinski definition) is 2. The molecule has 0 saturated carbocycles. The number of carbonyl (C=O) groups is 1. The van der Waals surface area contributed by atoms with E-state index >= 15 is 0 Å². The topological polar surface area (TPSA) is 63.3 Å². The summed E-state index contributed by atoms with van der Waals surface area (Å²) < 4.78 is 0.784. The Labute approximate surface area is 107 Å². The number of halogens is 1. The Hall–Kier alpha value is -1.81. The van der Waals surface area contributed by atoms with Crippen molar-refractivity contribution in [3.63, 3.8) is 0 Å². The van der Waals surface area contributed by atoms with Gasteiger partial charge >= 0.3 is 5.97 Å². The standard InChI is InChI=1S/C13H10BrNO2/c14-10-6-3-7-11(15)12(10)8-4-1-2-5-9(8)13(16)17/h1-7H,15H2,(H,16,17). The van der Waals surface area contributed by atoms with E-state index in [1.165, 1.54) is 0 Å². The quantitative estimate of drug-likeness (QED) is 0.834. The van der Waals surface area contributed by atoms with E-state index in [0.29, 0.717) is 16.8 Å². The van der Waals surface area contributed by atoms with E-state index in [4.69, 9.17) is 10.8 Å². The molecule has 17 heavy (non-hydrogen) atoms. The van der Waals surface area contributed by atoms with Crippen LogP contribution in [0.3, 0.4) is 0 Å². The Balaban J connectivity index is 2.73. The fourth-order valence-electron chi connectivity index (χ4n) is 1.71. The molecule has 0 amide bonds. The minimum atomic E-state index is -0.962. The molecule has 0 heterocycles. The summed E-state index contributed by atoms with van der Waals surface area (Å²) in [5, 5.41) is 9.15. The van der Waals surface area contributed by atoms with E-state index in [1.807, 2.05) is 12.1 Å². The number of benzene rings is 2. The zero-order valence-corrected chi connectivity index (χ0v) is 10.4. The Morgan fingerprint density at radius 2 is 1.82 bits per heavy atom. The number of hydrogen-bond acceptors (Lipinski definition) is 2. The lowest BCUT2D eigenvalue weighted by molar-refractivity contribution is 0.0698. The van der Waals surface area contributed by atoms with Crippen molar-refractivity contribution in [1.82, 2.24) is 0 Å². The van der Waals surface area contributed by atoms with Gasteiger partial charge in [0.05, 0.1) is 5.56 Å². The van der Waals surface area contributed by atoms with Crippen LogP contribution in [-0.2, 0) is 0 Å². The minimum Gasteiger partial charge on any atom is -0.478 e. The fourth-order valence-corrected chi connectivity index (χ4v) is 2.31. The molecule has 0 bridgehead atoms. The Morgan fingerprint density at radius 1 is 1.12 bits per heavy atom. The van der Waals surface area contributed by atoms with E-state index in [2.05, 4.69) is 15.9 Å². The van der Waals surface area contributed by atoms with Gasteiger partial charge in [-0.2, -0.15) is 0 Å². The van der Waals surface area contributed by atoms with Gasteiger partial charge in [0.15, 0.2) is 0 Å². The molecule has 0 fully saturated rings. The predicted octanol–water partition coefficient (Wildman–Crippen LogP) is 3.40. The van der Waals surface area contributed by atoms with Gasteiger partial charge in [-0.1, -0.05) is 40.2 Å². The second-order valence-electron chi connectivity index (χ2n) is 3.55. The predicted molar refractivity (Wildman–Crippen MR) is 70.9 cm³/mol. The molecule has 3 nitrogen and oxygen atoms in total. The molecule has 0 radical (unpaired) electrons. The van der Waals surface area contributed by atoms with Crippen molar-refractivity contribution in [2.75, 3.05) is 5.73 Å². The van der Waals surface area contributed by atoms with E-state index in [-0.39, 0.29) is 5.56 Å². The van der Waals surface area contributed by atoms with Gasteiger partial charge in [-0.15, -0.1) is 0 Å². The molecule has 4 heteroatoms. The van der Waals surface area contributed by atoms with Crippen molar-refractivity contribution < 1.29 is 9.90 Å². The highest BCUT2D eigenvalue weighted by molar-refractivity contribution is 9.10. The summed E-state index contributed by atoms with van der Waals surface area (Å²) in [4.78, 5) is 11.2. The molecule has 2 aromatic rings. The molecule has 0 aliphatic heterocycles. The summed E-state index contributed by atoms with van der Waals surface area (Å²) in [6.07, 6.45) is 0. The van der Waals surface area contributed by atoms with Gasteiger partial charge in [0, 0.05) is 15.7 Å². The largest absolute Gasteiger partial charge is 0.478 e. The average Bonchev–Trinajstić information content (AvgIpc) is 2.29. The van der Waals surface area contributed by atoms with Crippen LogP contribution in [-0.4, -0.2) is 11.1 Å². The van der Waals surface area contributed by atoms with Gasteiger partial charge in [-0.3, -0.25) is 0 Å². The maximum absolute atomic E-state index is 11.2. The van der Waals surface area contributed by atoms with Crippen molar-refractivity contribution in [2.24, 2.45) is 0 Å². The SMILES string of the molecule is Nc1cccc(Br)c1-c1ccccc1C(=O)O. The summed E-state index contributed by atoms with van der Waals surface area (Å²) in [6, 6.07) is 12.2. The van der Waals surface area contributed by atoms with Gasteiger partial charge in [-0.05, 0) is 23.8 Å². The highest BCUT2D eigenvalue weighted by Gasteiger charge is 2.14. The third-order valence-electron chi connectivity index (χ3n) is 2.47. The molecular formula is C13H10BrNO2. The molecule has 86 valence electrons. The third-order valence-corrected chi connectivity index (χ3v) is 3.13. The highest BCUT2D eigenvalue weighted by Crippen LogP contribution is 2.35. The number of nitrogen functional groups attached to an aromatic ring is 1. The number of carboxylic acid groups (broad SMARTS) is 1. The number of nitrogens with two attached hydrogens (primary N) is 1. The Morgan fingerprint density at radius 3 is 2.47 bits per heavy atom. The van der Waals surface area contributed by atoms with Crippen LogP contribution in [0.4, 0.5) is 5.69 Å². The number of anilines is 1. The van der Waals surface area contributed by atoms with Gasteiger partial charge in [-0.25, -0.2) is 4.79 Å². The van der Waals surface area contributed by atoms with Crippen molar-refractivity contribution in [2.45, 2.75) is 0 Å². The lowest BCUT2D eigenvalue weighted by atomic mass is 9.98. The van der Waals surface area contributed by atoms with Crippen LogP contribution < -0.4 is 5.73 Å². The molecule has 2 aromatic carbocycles. The van der Waals surface area contributed by atoms with Crippen LogP contribution in [0.2, 0.25) is 0 Å². The van der Waals surface area contributed by atoms with Gasteiger partial charge in [0.1, 0.15) is 0 Å². The van der Waals surface area contributed by atoms with Gasteiger partial charge in [0.25, 0.3) is 0 Å². The molecule has 2 rings (SSSR count). The zero-order valence-electron chi connectivity index (χ0n) is 8.85. The number of carboxylic acids is 1. The monoisotopic (exact) mass is 291 g/mol. The van der Waals surface area contributed by atoms with E-state index in [1.54, 1.807) is 30.3 Å². The molecule has 0 aliphatic rings. The normalized spacial score (nSPS) is 10.2. The van der Waals surface area contributed by atoms with Crippen LogP contribution >= 0.6 is 15.9 Å². The van der Waals surface area contributed by atoms with Gasteiger partial charge < -0.3 is 10.8 Å². The second kappa shape index (κ2) is 4.59. The number of aromatic carboxylic acids is 1. The first-order valence-corrected chi connectivity index (χ1v) is 5.77. The first-order valence-electron chi connectivity index (χ1n) is 4.98. The second-order valence-corrected chi connectivity index (χ2v) is 4.41. The first kappa shape index (κ1) is 11.7. The Bertz CT molecular complexity index is 561. The summed E-state index contributed by atoms with van der Waals surface area (Å²) in [5.41, 5.74) is 8.02. The maximum Gasteiger partial charge on any atom is 0.336 e. The first-order chi connectivity index (χ1) is 8.11. The van der Waals surface area contributed by atoms with Crippen LogP contribution in [0, 0.1) is 0 Å². The molecule has 0 atom stereocenters.